The first-order chi connectivity index (χ1) is 17.2. The van der Waals surface area contributed by atoms with E-state index >= 15 is 0 Å². The van der Waals surface area contributed by atoms with Crippen LogP contribution in [0.1, 0.15) is 49.4 Å². The van der Waals surface area contributed by atoms with E-state index < -0.39 is 18.1 Å². The maximum atomic E-state index is 14.7. The molecule has 1 saturated heterocycles. The van der Waals surface area contributed by atoms with Crippen molar-refractivity contribution in [3.63, 3.8) is 0 Å². The fraction of sp³-hybridized carbons (Fsp3) is 0.346. The largest absolute Gasteiger partial charge is 0.491 e. The minimum Gasteiger partial charge on any atom is -0.491 e. The first-order valence-corrected chi connectivity index (χ1v) is 12.8. The predicted molar refractivity (Wildman–Crippen MR) is 141 cm³/mol. The van der Waals surface area contributed by atoms with Crippen LogP contribution in [0.4, 0.5) is 9.18 Å². The van der Waals surface area contributed by atoms with Gasteiger partial charge in [0.05, 0.1) is 12.3 Å². The number of rotatable bonds is 9. The van der Waals surface area contributed by atoms with E-state index in [0.29, 0.717) is 40.5 Å². The van der Waals surface area contributed by atoms with Crippen LogP contribution in [0.15, 0.2) is 42.5 Å². The summed E-state index contributed by atoms with van der Waals surface area (Å²) in [6.07, 6.45) is 0.691. The van der Waals surface area contributed by atoms with Gasteiger partial charge in [-0.3, -0.25) is 9.69 Å². The standard InChI is InChI=1S/C26H28FIN4O4/c1-4-14(2)23(24-29-15(3)21(30-24)19-10-7-17(28)13-20(19)27)32-25(34)22(31-26(32)35)16-5-8-18(9-6-16)36-12-11-33/h5-10,13-14,22-23,33H,4,11-12H2,1-3H3,(H,29,30)(H,31,35)/t14-,22?,23-/m0/s1. The van der Waals surface area contributed by atoms with Gasteiger partial charge in [-0.2, -0.15) is 0 Å². The number of aromatic nitrogens is 2. The molecule has 1 unspecified atom stereocenters. The van der Waals surface area contributed by atoms with E-state index in [1.54, 1.807) is 43.3 Å². The average molecular weight is 606 g/mol. The molecule has 3 aromatic rings. The maximum Gasteiger partial charge on any atom is 0.325 e. The molecule has 8 nitrogen and oxygen atoms in total. The molecule has 190 valence electrons. The Bertz CT molecular complexity index is 1260. The van der Waals surface area contributed by atoms with Crippen LogP contribution in [0.3, 0.4) is 0 Å². The first kappa shape index (κ1) is 26.1. The Kier molecular flexibility index (Phi) is 7.94. The number of aliphatic hydroxyl groups is 1. The molecule has 1 fully saturated rings. The first-order valence-electron chi connectivity index (χ1n) is 11.7. The third-order valence-corrected chi connectivity index (χ3v) is 7.05. The molecule has 36 heavy (non-hydrogen) atoms. The summed E-state index contributed by atoms with van der Waals surface area (Å²) < 4.78 is 20.9. The highest BCUT2D eigenvalue weighted by molar-refractivity contribution is 14.1. The van der Waals surface area contributed by atoms with Crippen molar-refractivity contribution in [3.05, 3.63) is 68.9 Å². The Morgan fingerprint density at radius 3 is 2.58 bits per heavy atom. The molecule has 0 bridgehead atoms. The third-order valence-electron chi connectivity index (χ3n) is 6.38. The number of imide groups is 1. The fourth-order valence-electron chi connectivity index (χ4n) is 4.34. The van der Waals surface area contributed by atoms with Crippen LogP contribution in [0.2, 0.25) is 0 Å². The number of amides is 3. The van der Waals surface area contributed by atoms with E-state index in [0.717, 1.165) is 3.57 Å². The number of aryl methyl sites for hydroxylation is 1. The number of aromatic amines is 1. The summed E-state index contributed by atoms with van der Waals surface area (Å²) in [6, 6.07) is 9.73. The zero-order valence-electron chi connectivity index (χ0n) is 20.2. The topological polar surface area (TPSA) is 108 Å². The van der Waals surface area contributed by atoms with Crippen molar-refractivity contribution < 1.29 is 23.8 Å². The van der Waals surface area contributed by atoms with Crippen molar-refractivity contribution >= 4 is 34.5 Å². The lowest BCUT2D eigenvalue weighted by molar-refractivity contribution is -0.130. The van der Waals surface area contributed by atoms with Crippen molar-refractivity contribution in [2.45, 2.75) is 39.3 Å². The smallest absolute Gasteiger partial charge is 0.325 e. The fourth-order valence-corrected chi connectivity index (χ4v) is 4.79. The molecular weight excluding hydrogens is 578 g/mol. The molecule has 0 aliphatic carbocycles. The number of benzene rings is 2. The van der Waals surface area contributed by atoms with Gasteiger partial charge in [0.2, 0.25) is 0 Å². The molecule has 0 spiro atoms. The Balaban J connectivity index is 1.66. The summed E-state index contributed by atoms with van der Waals surface area (Å²) in [6.45, 7) is 5.80. The number of imidazole rings is 1. The maximum absolute atomic E-state index is 14.7. The summed E-state index contributed by atoms with van der Waals surface area (Å²) in [7, 11) is 0. The zero-order chi connectivity index (χ0) is 26.0. The number of nitrogens with zero attached hydrogens (tertiary/aromatic N) is 2. The van der Waals surface area contributed by atoms with Gasteiger partial charge in [0.25, 0.3) is 5.91 Å². The number of hydrogen-bond acceptors (Lipinski definition) is 5. The van der Waals surface area contributed by atoms with Gasteiger partial charge in [0.1, 0.15) is 36.1 Å². The van der Waals surface area contributed by atoms with E-state index in [9.17, 15) is 14.0 Å². The molecule has 10 heteroatoms. The van der Waals surface area contributed by atoms with Gasteiger partial charge in [0, 0.05) is 14.8 Å². The van der Waals surface area contributed by atoms with Gasteiger partial charge in [0.15, 0.2) is 0 Å². The molecule has 0 saturated carbocycles. The number of ether oxygens (including phenoxy) is 1. The molecule has 3 amide bonds. The van der Waals surface area contributed by atoms with Crippen LogP contribution in [0.25, 0.3) is 11.3 Å². The minimum atomic E-state index is -0.847. The number of H-pyrrole nitrogens is 1. The number of carbonyl (C=O) groups is 2. The average Bonchev–Trinajstić information content (AvgIpc) is 3.37. The van der Waals surface area contributed by atoms with Gasteiger partial charge in [-0.05, 0) is 71.3 Å². The van der Waals surface area contributed by atoms with Gasteiger partial charge >= 0.3 is 6.03 Å². The van der Waals surface area contributed by atoms with Gasteiger partial charge < -0.3 is 20.1 Å². The van der Waals surface area contributed by atoms with Crippen molar-refractivity contribution in [3.8, 4) is 17.0 Å². The van der Waals surface area contributed by atoms with Crippen molar-refractivity contribution in [1.29, 1.82) is 0 Å². The van der Waals surface area contributed by atoms with Gasteiger partial charge in [-0.25, -0.2) is 14.2 Å². The highest BCUT2D eigenvalue weighted by Gasteiger charge is 2.45. The monoisotopic (exact) mass is 606 g/mol. The van der Waals surface area contributed by atoms with Crippen molar-refractivity contribution in [1.82, 2.24) is 20.2 Å². The molecule has 2 heterocycles. The zero-order valence-corrected chi connectivity index (χ0v) is 22.4. The lowest BCUT2D eigenvalue weighted by atomic mass is 9.96. The highest BCUT2D eigenvalue weighted by atomic mass is 127. The molecule has 1 aromatic heterocycles. The highest BCUT2D eigenvalue weighted by Crippen LogP contribution is 2.37. The van der Waals surface area contributed by atoms with Crippen LogP contribution in [-0.2, 0) is 4.79 Å². The lowest BCUT2D eigenvalue weighted by Crippen LogP contribution is -2.38. The Hall–Kier alpha value is -2.99. The van der Waals surface area contributed by atoms with E-state index in [1.165, 1.54) is 11.0 Å². The second kappa shape index (κ2) is 11.0. The van der Waals surface area contributed by atoms with Crippen LogP contribution in [0, 0.1) is 22.2 Å². The van der Waals surface area contributed by atoms with Crippen molar-refractivity contribution in [2.24, 2.45) is 5.92 Å². The van der Waals surface area contributed by atoms with Crippen LogP contribution in [-0.4, -0.2) is 45.1 Å². The molecule has 0 radical (unpaired) electrons. The summed E-state index contributed by atoms with van der Waals surface area (Å²) in [5.74, 6) is 0.120. The number of urea groups is 1. The van der Waals surface area contributed by atoms with Crippen molar-refractivity contribution in [2.75, 3.05) is 13.2 Å². The number of carbonyl (C=O) groups excluding carboxylic acids is 2. The molecule has 1 aliphatic rings. The summed E-state index contributed by atoms with van der Waals surface area (Å²) in [5, 5.41) is 11.7. The van der Waals surface area contributed by atoms with E-state index in [-0.39, 0.29) is 30.9 Å². The van der Waals surface area contributed by atoms with E-state index in [1.807, 2.05) is 36.4 Å². The predicted octanol–water partition coefficient (Wildman–Crippen LogP) is 4.88. The molecule has 3 N–H and O–H groups in total. The van der Waals surface area contributed by atoms with Crippen LogP contribution in [0.5, 0.6) is 5.75 Å². The second-order valence-corrected chi connectivity index (χ2v) is 10.0. The van der Waals surface area contributed by atoms with E-state index in [2.05, 4.69) is 15.3 Å². The minimum absolute atomic E-state index is 0.102. The quantitative estimate of drug-likeness (QED) is 0.238. The Morgan fingerprint density at radius 2 is 1.94 bits per heavy atom. The summed E-state index contributed by atoms with van der Waals surface area (Å²) in [5.41, 5.74) is 2.08. The van der Waals surface area contributed by atoms with Gasteiger partial charge in [-0.15, -0.1) is 0 Å². The summed E-state index contributed by atoms with van der Waals surface area (Å²) >= 11 is 2.05. The second-order valence-electron chi connectivity index (χ2n) is 8.78. The van der Waals surface area contributed by atoms with Crippen LogP contribution >= 0.6 is 22.6 Å². The SMILES string of the molecule is CC[C@H](C)[C@@H](c1nc(-c2ccc(I)cc2F)c(C)[nH]1)N1C(=O)NC(c2ccc(OCCO)cc2)C1=O. The summed E-state index contributed by atoms with van der Waals surface area (Å²) in [4.78, 5) is 35.8. The number of hydrogen-bond donors (Lipinski definition) is 3. The van der Waals surface area contributed by atoms with Crippen LogP contribution < -0.4 is 10.1 Å². The van der Waals surface area contributed by atoms with E-state index in [4.69, 9.17) is 9.84 Å². The molecule has 4 rings (SSSR count). The lowest BCUT2D eigenvalue weighted by Gasteiger charge is -2.28. The Labute approximate surface area is 222 Å². The number of halogens is 2. The molecule has 2 aromatic carbocycles. The Morgan fingerprint density at radius 1 is 1.22 bits per heavy atom. The number of nitrogens with one attached hydrogen (secondary N) is 2. The normalized spacial score (nSPS) is 17.3. The number of aliphatic hydroxyl groups excluding tert-OH is 1. The molecule has 1 aliphatic heterocycles. The van der Waals surface area contributed by atoms with Gasteiger partial charge in [-0.1, -0.05) is 32.4 Å². The molecule has 3 atom stereocenters. The third kappa shape index (κ3) is 5.10. The molecular formula is C26H28FIN4O4.